The number of hydrogen-bond acceptors (Lipinski definition) is 3. The molecule has 19 heavy (non-hydrogen) atoms. The zero-order valence-electron chi connectivity index (χ0n) is 10.8. The highest BCUT2D eigenvalue weighted by atomic mass is 16.4. The van der Waals surface area contributed by atoms with Crippen molar-refractivity contribution < 1.29 is 9.90 Å². The van der Waals surface area contributed by atoms with Gasteiger partial charge < -0.3 is 10.4 Å². The van der Waals surface area contributed by atoms with Gasteiger partial charge in [-0.1, -0.05) is 18.2 Å². The largest absolute Gasteiger partial charge is 0.478 e. The predicted octanol–water partition coefficient (Wildman–Crippen LogP) is 1.68. The topological polar surface area (TPSA) is 67.2 Å². The Bertz CT molecular complexity index is 563. The highest BCUT2D eigenvalue weighted by Gasteiger charge is 2.07. The first-order valence-corrected chi connectivity index (χ1v) is 6.18. The van der Waals surface area contributed by atoms with Crippen LogP contribution >= 0.6 is 0 Å². The van der Waals surface area contributed by atoms with Crippen molar-refractivity contribution in [2.24, 2.45) is 0 Å². The first-order valence-electron chi connectivity index (χ1n) is 6.18. The van der Waals surface area contributed by atoms with E-state index in [9.17, 15) is 4.79 Å². The highest BCUT2D eigenvalue weighted by Crippen LogP contribution is 2.08. The molecule has 0 bridgehead atoms. The molecule has 0 saturated heterocycles. The Kier molecular flexibility index (Phi) is 4.30. The van der Waals surface area contributed by atoms with Crippen LogP contribution in [0.5, 0.6) is 0 Å². The van der Waals surface area contributed by atoms with Crippen LogP contribution in [0.25, 0.3) is 0 Å². The van der Waals surface area contributed by atoms with Crippen molar-refractivity contribution in [3.63, 3.8) is 0 Å². The Morgan fingerprint density at radius 1 is 1.42 bits per heavy atom. The van der Waals surface area contributed by atoms with E-state index in [1.165, 1.54) is 0 Å². The summed E-state index contributed by atoms with van der Waals surface area (Å²) < 4.78 is 1.87. The zero-order chi connectivity index (χ0) is 13.7. The van der Waals surface area contributed by atoms with E-state index in [0.29, 0.717) is 12.1 Å². The number of aromatic nitrogens is 2. The van der Waals surface area contributed by atoms with E-state index in [1.807, 2.05) is 36.1 Å². The molecule has 0 aliphatic rings. The molecule has 1 aromatic heterocycles. The lowest BCUT2D eigenvalue weighted by Gasteiger charge is -2.07. The number of hydrogen-bond donors (Lipinski definition) is 2. The molecule has 0 spiro atoms. The molecule has 0 radical (unpaired) electrons. The quantitative estimate of drug-likeness (QED) is 0.774. The minimum atomic E-state index is -0.889. The second-order valence-electron chi connectivity index (χ2n) is 4.42. The van der Waals surface area contributed by atoms with E-state index in [4.69, 9.17) is 5.11 Å². The molecule has 2 N–H and O–H groups in total. The van der Waals surface area contributed by atoms with Crippen molar-refractivity contribution in [3.8, 4) is 0 Å². The number of carboxylic acid groups (broad SMARTS) is 1. The van der Waals surface area contributed by atoms with Crippen LogP contribution < -0.4 is 5.32 Å². The normalized spacial score (nSPS) is 10.6. The van der Waals surface area contributed by atoms with E-state index in [-0.39, 0.29) is 0 Å². The SMILES string of the molecule is Cc1cnn(CCNCc2ccccc2C(=O)O)c1. The van der Waals surface area contributed by atoms with Crippen LogP contribution in [0.2, 0.25) is 0 Å². The van der Waals surface area contributed by atoms with E-state index in [1.54, 1.807) is 12.1 Å². The average Bonchev–Trinajstić information content (AvgIpc) is 2.81. The molecule has 0 amide bonds. The molecule has 0 aliphatic heterocycles. The van der Waals surface area contributed by atoms with Crippen molar-refractivity contribution in [3.05, 3.63) is 53.3 Å². The fourth-order valence-electron chi connectivity index (χ4n) is 1.89. The minimum Gasteiger partial charge on any atom is -0.478 e. The van der Waals surface area contributed by atoms with Gasteiger partial charge >= 0.3 is 5.97 Å². The molecular weight excluding hydrogens is 242 g/mol. The van der Waals surface area contributed by atoms with Gasteiger partial charge in [-0.25, -0.2) is 4.79 Å². The average molecular weight is 259 g/mol. The molecule has 100 valence electrons. The van der Waals surface area contributed by atoms with Crippen molar-refractivity contribution in [2.45, 2.75) is 20.0 Å². The Hall–Kier alpha value is -2.14. The lowest BCUT2D eigenvalue weighted by molar-refractivity contribution is 0.0695. The van der Waals surface area contributed by atoms with Crippen LogP contribution in [0, 0.1) is 6.92 Å². The predicted molar refractivity (Wildman–Crippen MR) is 72.1 cm³/mol. The minimum absolute atomic E-state index is 0.352. The van der Waals surface area contributed by atoms with Gasteiger partial charge in [-0.3, -0.25) is 4.68 Å². The number of aromatic carboxylic acids is 1. The van der Waals surface area contributed by atoms with Crippen molar-refractivity contribution >= 4 is 5.97 Å². The molecular formula is C14H17N3O2. The maximum Gasteiger partial charge on any atom is 0.336 e. The van der Waals surface area contributed by atoms with Crippen LogP contribution in [0.1, 0.15) is 21.5 Å². The smallest absolute Gasteiger partial charge is 0.336 e. The van der Waals surface area contributed by atoms with Crippen LogP contribution in [-0.2, 0) is 13.1 Å². The molecule has 5 nitrogen and oxygen atoms in total. The van der Waals surface area contributed by atoms with E-state index in [2.05, 4.69) is 10.4 Å². The number of rotatable bonds is 6. The molecule has 0 aliphatic carbocycles. The number of benzene rings is 1. The van der Waals surface area contributed by atoms with Gasteiger partial charge in [0.2, 0.25) is 0 Å². The van der Waals surface area contributed by atoms with Crippen molar-refractivity contribution in [1.29, 1.82) is 0 Å². The van der Waals surface area contributed by atoms with Gasteiger partial charge in [0, 0.05) is 19.3 Å². The number of carbonyl (C=O) groups is 1. The maximum absolute atomic E-state index is 11.0. The third-order valence-electron chi connectivity index (χ3n) is 2.84. The second-order valence-corrected chi connectivity index (χ2v) is 4.42. The monoisotopic (exact) mass is 259 g/mol. The summed E-state index contributed by atoms with van der Waals surface area (Å²) in [6.45, 7) is 4.06. The van der Waals surface area contributed by atoms with Crippen molar-refractivity contribution in [2.75, 3.05) is 6.54 Å². The van der Waals surface area contributed by atoms with Gasteiger partial charge in [0.1, 0.15) is 0 Å². The molecule has 0 atom stereocenters. The standard InChI is InChI=1S/C14H17N3O2/c1-11-8-16-17(10-11)7-6-15-9-12-4-2-3-5-13(12)14(18)19/h2-5,8,10,15H,6-7,9H2,1H3,(H,18,19). The first-order chi connectivity index (χ1) is 9.16. The third-order valence-corrected chi connectivity index (χ3v) is 2.84. The summed E-state index contributed by atoms with van der Waals surface area (Å²) in [7, 11) is 0. The van der Waals surface area contributed by atoms with Crippen molar-refractivity contribution in [1.82, 2.24) is 15.1 Å². The molecule has 2 aromatic rings. The molecule has 0 unspecified atom stereocenters. The lowest BCUT2D eigenvalue weighted by Crippen LogP contribution is -2.21. The number of nitrogens with zero attached hydrogens (tertiary/aromatic N) is 2. The Balaban J connectivity index is 1.84. The molecule has 2 rings (SSSR count). The second kappa shape index (κ2) is 6.15. The number of carboxylic acids is 1. The fourth-order valence-corrected chi connectivity index (χ4v) is 1.89. The molecule has 1 aromatic carbocycles. The summed E-state index contributed by atoms with van der Waals surface area (Å²) in [5, 5.41) is 16.5. The van der Waals surface area contributed by atoms with Gasteiger partial charge in [-0.15, -0.1) is 0 Å². The van der Waals surface area contributed by atoms with Gasteiger partial charge in [0.15, 0.2) is 0 Å². The highest BCUT2D eigenvalue weighted by molar-refractivity contribution is 5.89. The summed E-state index contributed by atoms with van der Waals surface area (Å²) in [6, 6.07) is 7.03. The lowest BCUT2D eigenvalue weighted by atomic mass is 10.1. The summed E-state index contributed by atoms with van der Waals surface area (Å²) in [4.78, 5) is 11.0. The molecule has 5 heteroatoms. The zero-order valence-corrected chi connectivity index (χ0v) is 10.8. The Morgan fingerprint density at radius 2 is 2.21 bits per heavy atom. The van der Waals surface area contributed by atoms with Crippen LogP contribution in [0.3, 0.4) is 0 Å². The van der Waals surface area contributed by atoms with Crippen LogP contribution in [0.4, 0.5) is 0 Å². The molecule has 1 heterocycles. The van der Waals surface area contributed by atoms with Gasteiger partial charge in [-0.05, 0) is 24.1 Å². The maximum atomic E-state index is 11.0. The molecule has 0 fully saturated rings. The summed E-state index contributed by atoms with van der Waals surface area (Å²) >= 11 is 0. The van der Waals surface area contributed by atoms with Crippen LogP contribution in [0.15, 0.2) is 36.7 Å². The fraction of sp³-hybridized carbons (Fsp3) is 0.286. The summed E-state index contributed by atoms with van der Waals surface area (Å²) in [5.74, 6) is -0.889. The molecule has 0 saturated carbocycles. The van der Waals surface area contributed by atoms with Gasteiger partial charge in [0.25, 0.3) is 0 Å². The Labute approximate surface area is 111 Å². The Morgan fingerprint density at radius 3 is 2.89 bits per heavy atom. The third kappa shape index (κ3) is 3.66. The number of nitrogens with one attached hydrogen (secondary N) is 1. The van der Waals surface area contributed by atoms with Gasteiger partial charge in [-0.2, -0.15) is 5.10 Å². The summed E-state index contributed by atoms with van der Waals surface area (Å²) in [6.07, 6.45) is 3.80. The van der Waals surface area contributed by atoms with Crippen LogP contribution in [-0.4, -0.2) is 27.4 Å². The number of aryl methyl sites for hydroxylation is 1. The van der Waals surface area contributed by atoms with Gasteiger partial charge in [0.05, 0.1) is 18.3 Å². The summed E-state index contributed by atoms with van der Waals surface area (Å²) in [5.41, 5.74) is 2.29. The van der Waals surface area contributed by atoms with E-state index < -0.39 is 5.97 Å². The van der Waals surface area contributed by atoms with E-state index in [0.717, 1.165) is 24.2 Å². The first kappa shape index (κ1) is 13.3. The van der Waals surface area contributed by atoms with E-state index >= 15 is 0 Å².